The minimum Gasteiger partial charge on any atom is -0.478 e. The van der Waals surface area contributed by atoms with E-state index in [0.29, 0.717) is 0 Å². The van der Waals surface area contributed by atoms with Crippen molar-refractivity contribution in [3.8, 4) is 0 Å². The highest BCUT2D eigenvalue weighted by Gasteiger charge is 2.19. The first-order valence-corrected chi connectivity index (χ1v) is 5.69. The minimum atomic E-state index is -1.22. The van der Waals surface area contributed by atoms with Crippen LogP contribution in [0.25, 0.3) is 0 Å². The fourth-order valence-corrected chi connectivity index (χ4v) is 1.51. The molecule has 0 unspecified atom stereocenters. The predicted octanol–water partition coefficient (Wildman–Crippen LogP) is 1.89. The topological polar surface area (TPSA) is 92.7 Å². The number of carbonyl (C=O) groups is 3. The van der Waals surface area contributed by atoms with Crippen LogP contribution in [0.15, 0.2) is 12.1 Å². The molecule has 1 rings (SSSR count). The summed E-state index contributed by atoms with van der Waals surface area (Å²) < 4.78 is 4.57. The Hall–Kier alpha value is -2.37. The molecule has 0 fully saturated rings. The molecule has 0 bridgehead atoms. The van der Waals surface area contributed by atoms with Gasteiger partial charge in [0.25, 0.3) is 5.91 Å². The highest BCUT2D eigenvalue weighted by molar-refractivity contribution is 6.09. The molecule has 19 heavy (non-hydrogen) atoms. The Balaban J connectivity index is 3.11. The SMILES string of the molecule is CCOC(=O)NC(=O)c1cc(C)c(C)cc1C(=O)O. The molecule has 0 saturated heterocycles. The van der Waals surface area contributed by atoms with Gasteiger partial charge in [0.05, 0.1) is 17.7 Å². The van der Waals surface area contributed by atoms with Crippen molar-refractivity contribution in [2.24, 2.45) is 0 Å². The van der Waals surface area contributed by atoms with Crippen LogP contribution in [0.3, 0.4) is 0 Å². The highest BCUT2D eigenvalue weighted by Crippen LogP contribution is 2.16. The molecule has 0 aliphatic heterocycles. The Bertz CT molecular complexity index is 536. The Morgan fingerprint density at radius 1 is 1.16 bits per heavy atom. The summed E-state index contributed by atoms with van der Waals surface area (Å²) in [6, 6.07) is 2.84. The summed E-state index contributed by atoms with van der Waals surface area (Å²) >= 11 is 0. The lowest BCUT2D eigenvalue weighted by Gasteiger charge is -2.09. The van der Waals surface area contributed by atoms with Gasteiger partial charge in [-0.15, -0.1) is 0 Å². The van der Waals surface area contributed by atoms with Gasteiger partial charge in [0, 0.05) is 0 Å². The lowest BCUT2D eigenvalue weighted by molar-refractivity contribution is 0.0689. The number of ether oxygens (including phenoxy) is 1. The average molecular weight is 265 g/mol. The number of alkyl carbamates (subject to hydrolysis) is 1. The fourth-order valence-electron chi connectivity index (χ4n) is 1.51. The molecule has 6 heteroatoms. The second-order valence-corrected chi connectivity index (χ2v) is 3.96. The Kier molecular flexibility index (Phi) is 4.63. The quantitative estimate of drug-likeness (QED) is 0.870. The van der Waals surface area contributed by atoms with Crippen LogP contribution in [-0.4, -0.2) is 29.7 Å². The van der Waals surface area contributed by atoms with E-state index in [1.807, 2.05) is 5.32 Å². The molecule has 0 aromatic heterocycles. The van der Waals surface area contributed by atoms with Gasteiger partial charge in [-0.25, -0.2) is 9.59 Å². The van der Waals surface area contributed by atoms with E-state index in [1.54, 1.807) is 20.8 Å². The van der Waals surface area contributed by atoms with E-state index in [0.717, 1.165) is 11.1 Å². The number of carbonyl (C=O) groups excluding carboxylic acids is 2. The molecule has 1 aromatic rings. The zero-order chi connectivity index (χ0) is 14.6. The summed E-state index contributed by atoms with van der Waals surface area (Å²) in [5.41, 5.74) is 1.30. The number of nitrogens with one attached hydrogen (secondary N) is 1. The van der Waals surface area contributed by atoms with Crippen molar-refractivity contribution < 1.29 is 24.2 Å². The maximum atomic E-state index is 11.8. The van der Waals surface area contributed by atoms with Gasteiger partial charge in [0.2, 0.25) is 0 Å². The van der Waals surface area contributed by atoms with E-state index in [1.165, 1.54) is 12.1 Å². The van der Waals surface area contributed by atoms with Gasteiger partial charge in [-0.05, 0) is 44.0 Å². The van der Waals surface area contributed by atoms with Gasteiger partial charge in [-0.3, -0.25) is 10.1 Å². The predicted molar refractivity (Wildman–Crippen MR) is 67.4 cm³/mol. The molecule has 0 aliphatic rings. The van der Waals surface area contributed by atoms with Crippen molar-refractivity contribution >= 4 is 18.0 Å². The van der Waals surface area contributed by atoms with Gasteiger partial charge in [0.1, 0.15) is 0 Å². The molecule has 0 aliphatic carbocycles. The smallest absolute Gasteiger partial charge is 0.414 e. The Labute approximate surface area is 110 Å². The molecule has 0 heterocycles. The van der Waals surface area contributed by atoms with Gasteiger partial charge in [-0.2, -0.15) is 0 Å². The van der Waals surface area contributed by atoms with E-state index in [4.69, 9.17) is 5.11 Å². The summed E-state index contributed by atoms with van der Waals surface area (Å²) in [6.07, 6.45) is -0.901. The van der Waals surface area contributed by atoms with E-state index in [9.17, 15) is 14.4 Å². The summed E-state index contributed by atoms with van der Waals surface area (Å²) in [5, 5.41) is 11.0. The van der Waals surface area contributed by atoms with E-state index < -0.39 is 18.0 Å². The summed E-state index contributed by atoms with van der Waals surface area (Å²) in [6.45, 7) is 5.22. The largest absolute Gasteiger partial charge is 0.478 e. The maximum Gasteiger partial charge on any atom is 0.414 e. The van der Waals surface area contributed by atoms with Crippen molar-refractivity contribution in [2.45, 2.75) is 20.8 Å². The summed E-state index contributed by atoms with van der Waals surface area (Å²) in [4.78, 5) is 34.1. The van der Waals surface area contributed by atoms with Crippen molar-refractivity contribution in [3.63, 3.8) is 0 Å². The number of carboxylic acid groups (broad SMARTS) is 1. The second kappa shape index (κ2) is 5.99. The number of hydrogen-bond acceptors (Lipinski definition) is 4. The van der Waals surface area contributed by atoms with Crippen LogP contribution in [0, 0.1) is 13.8 Å². The third kappa shape index (κ3) is 3.54. The van der Waals surface area contributed by atoms with Gasteiger partial charge < -0.3 is 9.84 Å². The summed E-state index contributed by atoms with van der Waals surface area (Å²) in [7, 11) is 0. The lowest BCUT2D eigenvalue weighted by atomic mass is 9.99. The molecule has 1 aromatic carbocycles. The van der Waals surface area contributed by atoms with E-state index in [-0.39, 0.29) is 17.7 Å². The second-order valence-electron chi connectivity index (χ2n) is 3.96. The number of imide groups is 1. The molecular formula is C13H15NO5. The molecule has 2 amide bonds. The molecule has 2 N–H and O–H groups in total. The number of carboxylic acids is 1. The molecule has 0 atom stereocenters. The monoisotopic (exact) mass is 265 g/mol. The first-order valence-electron chi connectivity index (χ1n) is 5.69. The number of rotatable bonds is 3. The summed E-state index contributed by atoms with van der Waals surface area (Å²) in [5.74, 6) is -2.02. The third-order valence-electron chi connectivity index (χ3n) is 2.60. The van der Waals surface area contributed by atoms with Crippen LogP contribution in [-0.2, 0) is 4.74 Å². The molecule has 0 radical (unpaired) electrons. The zero-order valence-electron chi connectivity index (χ0n) is 10.9. The van der Waals surface area contributed by atoms with Crippen LogP contribution < -0.4 is 5.32 Å². The normalized spacial score (nSPS) is 9.84. The minimum absolute atomic E-state index is 0.0661. The number of aromatic carboxylic acids is 1. The number of aryl methyl sites for hydroxylation is 2. The van der Waals surface area contributed by atoms with Crippen LogP contribution in [0.4, 0.5) is 4.79 Å². The van der Waals surface area contributed by atoms with Crippen molar-refractivity contribution in [1.29, 1.82) is 0 Å². The molecule has 0 saturated carbocycles. The van der Waals surface area contributed by atoms with Crippen LogP contribution in [0.1, 0.15) is 38.8 Å². The van der Waals surface area contributed by atoms with Crippen LogP contribution >= 0.6 is 0 Å². The Morgan fingerprint density at radius 2 is 1.68 bits per heavy atom. The zero-order valence-corrected chi connectivity index (χ0v) is 10.9. The third-order valence-corrected chi connectivity index (χ3v) is 2.60. The number of hydrogen-bond donors (Lipinski definition) is 2. The van der Waals surface area contributed by atoms with Crippen LogP contribution in [0.2, 0.25) is 0 Å². The molecule has 0 spiro atoms. The Morgan fingerprint density at radius 3 is 2.16 bits per heavy atom. The van der Waals surface area contributed by atoms with Gasteiger partial charge >= 0.3 is 12.1 Å². The standard InChI is InChI=1S/C13H15NO5/c1-4-19-13(18)14-11(15)9-5-7(2)8(3)6-10(9)12(16)17/h5-6H,4H2,1-3H3,(H,16,17)(H,14,15,18). The first-order chi connectivity index (χ1) is 8.86. The van der Waals surface area contributed by atoms with E-state index >= 15 is 0 Å². The maximum absolute atomic E-state index is 11.8. The van der Waals surface area contributed by atoms with Gasteiger partial charge in [0.15, 0.2) is 0 Å². The van der Waals surface area contributed by atoms with Crippen molar-refractivity contribution in [1.82, 2.24) is 5.32 Å². The van der Waals surface area contributed by atoms with Crippen LogP contribution in [0.5, 0.6) is 0 Å². The molecule has 6 nitrogen and oxygen atoms in total. The number of amides is 2. The first kappa shape index (κ1) is 14.7. The van der Waals surface area contributed by atoms with Crippen molar-refractivity contribution in [3.05, 3.63) is 34.4 Å². The van der Waals surface area contributed by atoms with E-state index in [2.05, 4.69) is 4.74 Å². The fraction of sp³-hybridized carbons (Fsp3) is 0.308. The lowest BCUT2D eigenvalue weighted by Crippen LogP contribution is -2.32. The van der Waals surface area contributed by atoms with Gasteiger partial charge in [-0.1, -0.05) is 0 Å². The average Bonchev–Trinajstić information content (AvgIpc) is 2.31. The highest BCUT2D eigenvalue weighted by atomic mass is 16.5. The van der Waals surface area contributed by atoms with Crippen molar-refractivity contribution in [2.75, 3.05) is 6.61 Å². The molecular weight excluding hydrogens is 250 g/mol. The number of benzene rings is 1. The molecule has 102 valence electrons.